The molecule has 42 heavy (non-hydrogen) atoms. The van der Waals surface area contributed by atoms with Crippen molar-refractivity contribution < 1.29 is 19.1 Å². The minimum absolute atomic E-state index is 0.118. The van der Waals surface area contributed by atoms with E-state index in [0.717, 1.165) is 43.7 Å². The molecule has 0 bridgehead atoms. The molecule has 2 aromatic carbocycles. The van der Waals surface area contributed by atoms with Gasteiger partial charge in [0, 0.05) is 60.2 Å². The van der Waals surface area contributed by atoms with Gasteiger partial charge in [-0.15, -0.1) is 0 Å². The molecule has 7 heteroatoms. The summed E-state index contributed by atoms with van der Waals surface area (Å²) in [5.74, 6) is 2.01. The van der Waals surface area contributed by atoms with Gasteiger partial charge >= 0.3 is 5.97 Å². The Morgan fingerprint density at radius 3 is 2.60 bits per heavy atom. The fraction of sp³-hybridized carbons (Fsp3) is 0.543. The number of likely N-dealkylation sites (tertiary alicyclic amines) is 2. The van der Waals surface area contributed by atoms with Gasteiger partial charge in [-0.25, -0.2) is 4.79 Å². The molecule has 4 heterocycles. The van der Waals surface area contributed by atoms with Crippen molar-refractivity contribution in [2.45, 2.75) is 69.4 Å². The first kappa shape index (κ1) is 26.3. The number of ether oxygens (including phenoxy) is 2. The number of methoxy groups -OCH3 is 2. The lowest BCUT2D eigenvalue weighted by molar-refractivity contribution is -0.138. The lowest BCUT2D eigenvalue weighted by atomic mass is 9.81. The van der Waals surface area contributed by atoms with Crippen LogP contribution in [-0.2, 0) is 16.1 Å². The monoisotopic (exact) mass is 567 g/mol. The quantitative estimate of drug-likeness (QED) is 0.373. The van der Waals surface area contributed by atoms with Crippen LogP contribution in [0.2, 0.25) is 0 Å². The molecule has 4 fully saturated rings. The summed E-state index contributed by atoms with van der Waals surface area (Å²) in [6.45, 7) is 3.52. The Bertz CT molecular complexity index is 1600. The van der Waals surface area contributed by atoms with Gasteiger partial charge in [0.15, 0.2) is 0 Å². The van der Waals surface area contributed by atoms with E-state index in [1.807, 2.05) is 12.1 Å². The maximum Gasteiger partial charge on any atom is 0.337 e. The summed E-state index contributed by atoms with van der Waals surface area (Å²) in [5.41, 5.74) is 6.09. The first-order chi connectivity index (χ1) is 20.4. The van der Waals surface area contributed by atoms with Crippen LogP contribution in [0.4, 0.5) is 0 Å². The maximum absolute atomic E-state index is 14.8. The smallest absolute Gasteiger partial charge is 0.337 e. The van der Waals surface area contributed by atoms with Crippen LogP contribution in [0.15, 0.2) is 36.4 Å². The number of rotatable bonds is 4. The predicted octanol–water partition coefficient (Wildman–Crippen LogP) is 5.80. The number of amides is 1. The van der Waals surface area contributed by atoms with Gasteiger partial charge in [0.05, 0.1) is 30.9 Å². The molecule has 3 aliphatic heterocycles. The lowest BCUT2D eigenvalue weighted by Gasteiger charge is -2.30. The molecule has 0 N–H and O–H groups in total. The average Bonchev–Trinajstić information content (AvgIpc) is 3.27. The van der Waals surface area contributed by atoms with Gasteiger partial charge in [0.25, 0.3) is 0 Å². The van der Waals surface area contributed by atoms with Gasteiger partial charge < -0.3 is 23.8 Å². The second-order valence-electron chi connectivity index (χ2n) is 13.6. The van der Waals surface area contributed by atoms with Gasteiger partial charge in [0.2, 0.25) is 5.91 Å². The van der Waals surface area contributed by atoms with Crippen molar-refractivity contribution in [3.8, 4) is 17.0 Å². The Labute approximate surface area is 247 Å². The largest absolute Gasteiger partial charge is 0.496 e. The summed E-state index contributed by atoms with van der Waals surface area (Å²) in [6, 6.07) is 12.8. The van der Waals surface area contributed by atoms with Crippen molar-refractivity contribution in [3.63, 3.8) is 0 Å². The summed E-state index contributed by atoms with van der Waals surface area (Å²) in [6.07, 6.45) is 8.02. The fourth-order valence-corrected chi connectivity index (χ4v) is 9.32. The zero-order valence-electron chi connectivity index (χ0n) is 25.0. The van der Waals surface area contributed by atoms with Gasteiger partial charge in [-0.1, -0.05) is 37.5 Å². The normalized spacial score (nSPS) is 28.5. The van der Waals surface area contributed by atoms with E-state index in [1.54, 1.807) is 7.11 Å². The third kappa shape index (κ3) is 3.68. The minimum atomic E-state index is -0.512. The molecule has 4 unspecified atom stereocenters. The molecular formula is C35H41N3O4. The fourth-order valence-electron chi connectivity index (χ4n) is 9.32. The number of aromatic nitrogens is 1. The van der Waals surface area contributed by atoms with E-state index in [2.05, 4.69) is 45.7 Å². The Hall–Kier alpha value is -3.32. The molecule has 1 amide bonds. The highest BCUT2D eigenvalue weighted by Gasteiger charge is 2.65. The molecule has 2 saturated heterocycles. The highest BCUT2D eigenvalue weighted by molar-refractivity contribution is 6.00. The highest BCUT2D eigenvalue weighted by atomic mass is 16.5. The second-order valence-corrected chi connectivity index (χ2v) is 13.6. The van der Waals surface area contributed by atoms with Crippen LogP contribution in [-0.4, -0.2) is 73.2 Å². The number of hydrogen-bond donors (Lipinski definition) is 0. The maximum atomic E-state index is 14.8. The van der Waals surface area contributed by atoms with E-state index in [-0.39, 0.29) is 11.9 Å². The first-order valence-corrected chi connectivity index (χ1v) is 15.9. The van der Waals surface area contributed by atoms with Crippen LogP contribution < -0.4 is 4.74 Å². The molecular weight excluding hydrogens is 526 g/mol. The number of hydrogen-bond acceptors (Lipinski definition) is 5. The van der Waals surface area contributed by atoms with Crippen LogP contribution in [0, 0.1) is 11.3 Å². The molecule has 3 aromatic rings. The van der Waals surface area contributed by atoms with Gasteiger partial charge in [0.1, 0.15) is 5.75 Å². The molecule has 0 spiro atoms. The Morgan fingerprint density at radius 2 is 1.81 bits per heavy atom. The molecule has 7 nitrogen and oxygen atoms in total. The van der Waals surface area contributed by atoms with E-state index in [0.29, 0.717) is 35.9 Å². The van der Waals surface area contributed by atoms with Crippen molar-refractivity contribution in [1.29, 1.82) is 0 Å². The van der Waals surface area contributed by atoms with Crippen LogP contribution in [0.25, 0.3) is 22.2 Å². The van der Waals surface area contributed by atoms with Crippen LogP contribution in [0.3, 0.4) is 0 Å². The third-order valence-electron chi connectivity index (χ3n) is 11.4. The summed E-state index contributed by atoms with van der Waals surface area (Å²) < 4.78 is 13.6. The van der Waals surface area contributed by atoms with Gasteiger partial charge in [-0.05, 0) is 68.3 Å². The van der Waals surface area contributed by atoms with Crippen molar-refractivity contribution >= 4 is 22.8 Å². The summed E-state index contributed by atoms with van der Waals surface area (Å²) in [5, 5.41) is 1.21. The average molecular weight is 568 g/mol. The van der Waals surface area contributed by atoms with E-state index in [9.17, 15) is 9.59 Å². The van der Waals surface area contributed by atoms with Crippen LogP contribution in [0.5, 0.6) is 5.75 Å². The highest BCUT2D eigenvalue weighted by Crippen LogP contribution is 2.67. The number of nitrogens with zero attached hydrogens (tertiary/aromatic N) is 3. The van der Waals surface area contributed by atoms with Crippen LogP contribution >= 0.6 is 0 Å². The zero-order valence-corrected chi connectivity index (χ0v) is 25.0. The summed E-state index contributed by atoms with van der Waals surface area (Å²) >= 11 is 0. The van der Waals surface area contributed by atoms with Crippen molar-refractivity contribution in [2.24, 2.45) is 11.3 Å². The Balaban J connectivity index is 1.35. The molecule has 5 aliphatic rings. The standard InChI is InChI=1S/C35H41N3O4/c1-36-18-23-14-15-37(28(23)19-36)34(40)35-17-26(35)31-25(10-7-11-29(31)41-2)32-30(21-8-5-4-6-9-21)24-13-12-22(33(39)42-3)16-27(24)38(32)20-35/h7,10-13,16,21,23,26,28H,4-6,8-9,14-15,17-20H2,1-3H3. The number of fused-ring (bicyclic) bond motifs is 8. The minimum Gasteiger partial charge on any atom is -0.496 e. The topological polar surface area (TPSA) is 64.0 Å². The molecule has 220 valence electrons. The zero-order chi connectivity index (χ0) is 28.7. The number of benzene rings is 2. The van der Waals surface area contributed by atoms with Crippen molar-refractivity contribution in [3.05, 3.63) is 53.1 Å². The van der Waals surface area contributed by atoms with E-state index >= 15 is 0 Å². The first-order valence-electron chi connectivity index (χ1n) is 15.9. The van der Waals surface area contributed by atoms with Gasteiger partial charge in [-0.2, -0.15) is 0 Å². The van der Waals surface area contributed by atoms with Crippen LogP contribution in [0.1, 0.15) is 78.3 Å². The van der Waals surface area contributed by atoms with Crippen molar-refractivity contribution in [2.75, 3.05) is 40.9 Å². The molecule has 8 rings (SSSR count). The number of carbonyl (C=O) groups is 2. The number of likely N-dealkylation sites (N-methyl/N-ethyl adjacent to an activating group) is 1. The predicted molar refractivity (Wildman–Crippen MR) is 162 cm³/mol. The molecule has 1 aromatic heterocycles. The van der Waals surface area contributed by atoms with E-state index < -0.39 is 5.41 Å². The van der Waals surface area contributed by atoms with Gasteiger partial charge in [-0.3, -0.25) is 4.79 Å². The van der Waals surface area contributed by atoms with E-state index in [1.165, 1.54) is 67.0 Å². The summed E-state index contributed by atoms with van der Waals surface area (Å²) in [7, 11) is 5.37. The Kier molecular flexibility index (Phi) is 6.01. The molecule has 2 aliphatic carbocycles. The molecule has 2 saturated carbocycles. The lowest BCUT2D eigenvalue weighted by Crippen LogP contribution is -2.45. The van der Waals surface area contributed by atoms with Crippen molar-refractivity contribution in [1.82, 2.24) is 14.4 Å². The Morgan fingerprint density at radius 1 is 0.976 bits per heavy atom. The SMILES string of the molecule is COC(=O)c1ccc2c(C3CCCCC3)c3n(c2c1)CC1(C(=O)N2CCC4CN(C)CC42)CC1c1c(OC)cccc1-3. The number of esters is 1. The summed E-state index contributed by atoms with van der Waals surface area (Å²) in [4.78, 5) is 32.2. The van der Waals surface area contributed by atoms with E-state index in [4.69, 9.17) is 9.47 Å². The number of carbonyl (C=O) groups excluding carboxylic acids is 2. The third-order valence-corrected chi connectivity index (χ3v) is 11.4. The molecule has 0 radical (unpaired) electrons. The molecule has 4 atom stereocenters. The second kappa shape index (κ2) is 9.60.